The SMILES string of the molecule is COC(=O)Cc1c(C(=O)OC)sc2nc(-c3ccoc3)[nH]c(=O)c12. The number of esters is 2. The summed E-state index contributed by atoms with van der Waals surface area (Å²) in [5.74, 6) is -0.900. The number of aromatic nitrogens is 2. The first-order chi connectivity index (χ1) is 11.5. The van der Waals surface area contributed by atoms with Gasteiger partial charge in [0.25, 0.3) is 5.56 Å². The zero-order valence-corrected chi connectivity index (χ0v) is 13.6. The van der Waals surface area contributed by atoms with E-state index in [-0.39, 0.29) is 22.2 Å². The molecule has 0 aliphatic carbocycles. The highest BCUT2D eigenvalue weighted by molar-refractivity contribution is 7.20. The van der Waals surface area contributed by atoms with Crippen molar-refractivity contribution in [3.8, 4) is 11.4 Å². The van der Waals surface area contributed by atoms with E-state index in [9.17, 15) is 14.4 Å². The molecule has 0 aromatic carbocycles. The quantitative estimate of drug-likeness (QED) is 0.715. The van der Waals surface area contributed by atoms with Crippen LogP contribution >= 0.6 is 11.3 Å². The molecule has 24 heavy (non-hydrogen) atoms. The molecule has 0 unspecified atom stereocenters. The normalized spacial score (nSPS) is 10.8. The van der Waals surface area contributed by atoms with E-state index in [1.54, 1.807) is 6.07 Å². The molecule has 0 radical (unpaired) electrons. The minimum Gasteiger partial charge on any atom is -0.472 e. The predicted octanol–water partition coefficient (Wildman–Crippen LogP) is 1.75. The number of methoxy groups -OCH3 is 2. The largest absolute Gasteiger partial charge is 0.472 e. The Hall–Kier alpha value is -2.94. The van der Waals surface area contributed by atoms with Crippen molar-refractivity contribution in [1.82, 2.24) is 9.97 Å². The fourth-order valence-electron chi connectivity index (χ4n) is 2.24. The maximum atomic E-state index is 12.5. The van der Waals surface area contributed by atoms with Crippen LogP contribution in [0.2, 0.25) is 0 Å². The molecule has 0 fully saturated rings. The first-order valence-corrected chi connectivity index (χ1v) is 7.60. The molecule has 0 bridgehead atoms. The Morgan fingerprint density at radius 2 is 2.12 bits per heavy atom. The highest BCUT2D eigenvalue weighted by atomic mass is 32.1. The second-order valence-electron chi connectivity index (χ2n) is 4.76. The van der Waals surface area contributed by atoms with Crippen molar-refractivity contribution >= 4 is 33.5 Å². The number of thiophene rings is 1. The van der Waals surface area contributed by atoms with Crippen molar-refractivity contribution in [1.29, 1.82) is 0 Å². The van der Waals surface area contributed by atoms with E-state index < -0.39 is 17.5 Å². The molecule has 8 nitrogen and oxygen atoms in total. The number of rotatable bonds is 4. The number of aromatic amines is 1. The average Bonchev–Trinajstić information content (AvgIpc) is 3.22. The third kappa shape index (κ3) is 2.69. The number of carbonyl (C=O) groups is 2. The lowest BCUT2D eigenvalue weighted by atomic mass is 10.1. The summed E-state index contributed by atoms with van der Waals surface area (Å²) >= 11 is 0.991. The third-order valence-corrected chi connectivity index (χ3v) is 4.48. The Morgan fingerprint density at radius 1 is 1.33 bits per heavy atom. The van der Waals surface area contributed by atoms with Crippen molar-refractivity contribution in [3.63, 3.8) is 0 Å². The molecule has 3 heterocycles. The number of fused-ring (bicyclic) bond motifs is 1. The van der Waals surface area contributed by atoms with Gasteiger partial charge in [0.05, 0.1) is 37.9 Å². The molecule has 9 heteroatoms. The van der Waals surface area contributed by atoms with Gasteiger partial charge < -0.3 is 18.9 Å². The van der Waals surface area contributed by atoms with Gasteiger partial charge in [-0.05, 0) is 6.07 Å². The molecule has 0 saturated carbocycles. The van der Waals surface area contributed by atoms with Gasteiger partial charge in [-0.25, -0.2) is 9.78 Å². The van der Waals surface area contributed by atoms with E-state index in [1.807, 2.05) is 0 Å². The molecule has 3 rings (SSSR count). The molecular formula is C15H12N2O6S. The van der Waals surface area contributed by atoms with Crippen LogP contribution in [0.3, 0.4) is 0 Å². The van der Waals surface area contributed by atoms with Gasteiger partial charge >= 0.3 is 11.9 Å². The van der Waals surface area contributed by atoms with Gasteiger partial charge in [-0.3, -0.25) is 9.59 Å². The Morgan fingerprint density at radius 3 is 2.75 bits per heavy atom. The van der Waals surface area contributed by atoms with Crippen LogP contribution in [0.25, 0.3) is 21.6 Å². The number of carbonyl (C=O) groups excluding carboxylic acids is 2. The average molecular weight is 348 g/mol. The Bertz CT molecular complexity index is 970. The Balaban J connectivity index is 2.25. The number of nitrogens with one attached hydrogen (secondary N) is 1. The summed E-state index contributed by atoms with van der Waals surface area (Å²) in [6, 6.07) is 1.65. The highest BCUT2D eigenvalue weighted by Gasteiger charge is 2.25. The summed E-state index contributed by atoms with van der Waals surface area (Å²) in [6.45, 7) is 0. The van der Waals surface area contributed by atoms with E-state index in [4.69, 9.17) is 9.15 Å². The number of ether oxygens (including phenoxy) is 2. The summed E-state index contributed by atoms with van der Waals surface area (Å²) in [7, 11) is 2.46. The van der Waals surface area contributed by atoms with Crippen molar-refractivity contribution in [2.45, 2.75) is 6.42 Å². The van der Waals surface area contributed by atoms with Crippen LogP contribution in [0.4, 0.5) is 0 Å². The molecule has 0 amide bonds. The van der Waals surface area contributed by atoms with Crippen molar-refractivity contribution in [2.75, 3.05) is 14.2 Å². The summed E-state index contributed by atoms with van der Waals surface area (Å²) in [5.41, 5.74) is 0.388. The zero-order chi connectivity index (χ0) is 17.3. The number of hydrogen-bond donors (Lipinski definition) is 1. The van der Waals surface area contributed by atoms with Crippen LogP contribution in [0, 0.1) is 0 Å². The van der Waals surface area contributed by atoms with Crippen molar-refractivity contribution in [3.05, 3.63) is 39.4 Å². The molecule has 0 aliphatic heterocycles. The topological polar surface area (TPSA) is 111 Å². The lowest BCUT2D eigenvalue weighted by Gasteiger charge is -2.02. The number of hydrogen-bond acceptors (Lipinski definition) is 8. The van der Waals surface area contributed by atoms with E-state index in [2.05, 4.69) is 14.7 Å². The van der Waals surface area contributed by atoms with Crippen molar-refractivity contribution < 1.29 is 23.5 Å². The van der Waals surface area contributed by atoms with E-state index in [1.165, 1.54) is 26.7 Å². The zero-order valence-electron chi connectivity index (χ0n) is 12.7. The smallest absolute Gasteiger partial charge is 0.348 e. The first kappa shape index (κ1) is 15.9. The Labute approximate surface area is 139 Å². The van der Waals surface area contributed by atoms with Gasteiger partial charge in [0.1, 0.15) is 21.8 Å². The van der Waals surface area contributed by atoms with E-state index in [0.717, 1.165) is 11.3 Å². The summed E-state index contributed by atoms with van der Waals surface area (Å²) in [4.78, 5) is 43.6. The Kier molecular flexibility index (Phi) is 4.17. The van der Waals surface area contributed by atoms with E-state index in [0.29, 0.717) is 16.2 Å². The second-order valence-corrected chi connectivity index (χ2v) is 5.76. The summed E-state index contributed by atoms with van der Waals surface area (Å²) < 4.78 is 14.3. The minimum absolute atomic E-state index is 0.153. The first-order valence-electron chi connectivity index (χ1n) is 6.78. The second kappa shape index (κ2) is 6.28. The van der Waals surface area contributed by atoms with Crippen LogP contribution in [0.1, 0.15) is 15.2 Å². The number of H-pyrrole nitrogens is 1. The lowest BCUT2D eigenvalue weighted by molar-refractivity contribution is -0.139. The van der Waals surface area contributed by atoms with Gasteiger partial charge in [-0.15, -0.1) is 11.3 Å². The molecule has 124 valence electrons. The van der Waals surface area contributed by atoms with Crippen LogP contribution < -0.4 is 5.56 Å². The predicted molar refractivity (Wildman–Crippen MR) is 85.0 cm³/mol. The van der Waals surface area contributed by atoms with E-state index >= 15 is 0 Å². The minimum atomic E-state index is -0.638. The molecule has 3 aromatic rings. The number of nitrogens with zero attached hydrogens (tertiary/aromatic N) is 1. The molecule has 0 aliphatic rings. The van der Waals surface area contributed by atoms with Crippen molar-refractivity contribution in [2.24, 2.45) is 0 Å². The van der Waals surface area contributed by atoms with Gasteiger partial charge in [0, 0.05) is 5.56 Å². The molecular weight excluding hydrogens is 336 g/mol. The van der Waals surface area contributed by atoms with Crippen LogP contribution in [-0.4, -0.2) is 36.1 Å². The van der Waals surface area contributed by atoms with Gasteiger partial charge in [0.2, 0.25) is 0 Å². The maximum Gasteiger partial charge on any atom is 0.348 e. The molecule has 3 aromatic heterocycles. The van der Waals surface area contributed by atoms with Crippen LogP contribution in [-0.2, 0) is 20.7 Å². The maximum absolute atomic E-state index is 12.5. The highest BCUT2D eigenvalue weighted by Crippen LogP contribution is 2.30. The van der Waals surface area contributed by atoms with Gasteiger partial charge in [-0.2, -0.15) is 0 Å². The number of furan rings is 1. The third-order valence-electron chi connectivity index (χ3n) is 3.37. The lowest BCUT2D eigenvalue weighted by Crippen LogP contribution is -2.14. The summed E-state index contributed by atoms with van der Waals surface area (Å²) in [5, 5.41) is 0.179. The van der Waals surface area contributed by atoms with Gasteiger partial charge in [-0.1, -0.05) is 0 Å². The monoisotopic (exact) mass is 348 g/mol. The van der Waals surface area contributed by atoms with Crippen LogP contribution in [0.5, 0.6) is 0 Å². The fourth-order valence-corrected chi connectivity index (χ4v) is 3.36. The standard InChI is InChI=1S/C15H12N2O6S/c1-21-9(18)5-8-10-13(19)16-12(7-3-4-23-6-7)17-14(10)24-11(8)15(20)22-2/h3-4,6H,5H2,1-2H3,(H,16,17,19). The molecule has 1 N–H and O–H groups in total. The molecule has 0 saturated heterocycles. The van der Waals surface area contributed by atoms with Gasteiger partial charge in [0.15, 0.2) is 0 Å². The molecule has 0 atom stereocenters. The van der Waals surface area contributed by atoms with Crippen LogP contribution in [0.15, 0.2) is 27.8 Å². The summed E-state index contributed by atoms with van der Waals surface area (Å²) in [6.07, 6.45) is 2.67. The fraction of sp³-hybridized carbons (Fsp3) is 0.200. The molecule has 0 spiro atoms.